The maximum atomic E-state index is 13.6. The predicted octanol–water partition coefficient (Wildman–Crippen LogP) is 4.98. The van der Waals surface area contributed by atoms with E-state index >= 15 is 0 Å². The molecule has 3 aromatic rings. The van der Waals surface area contributed by atoms with Crippen molar-refractivity contribution in [1.29, 1.82) is 0 Å². The van der Waals surface area contributed by atoms with Gasteiger partial charge in [0.1, 0.15) is 5.56 Å². The predicted molar refractivity (Wildman–Crippen MR) is 158 cm³/mol. The molecule has 5 rings (SSSR count). The molecule has 1 aromatic heterocycles. The number of hydrogen-bond donors (Lipinski definition) is 0. The summed E-state index contributed by atoms with van der Waals surface area (Å²) in [7, 11) is 0. The molecular formula is C29H32Cl2F3N5O3. The lowest BCUT2D eigenvalue weighted by Gasteiger charge is -2.36. The molecule has 2 aliphatic heterocycles. The van der Waals surface area contributed by atoms with Crippen LogP contribution in [0.4, 0.5) is 19.0 Å². The number of ether oxygens (including phenoxy) is 1. The molecule has 1 amide bonds. The van der Waals surface area contributed by atoms with Crippen LogP contribution in [0.1, 0.15) is 34.0 Å². The highest BCUT2D eigenvalue weighted by Gasteiger charge is 2.34. The van der Waals surface area contributed by atoms with Crippen molar-refractivity contribution in [2.24, 2.45) is 0 Å². The van der Waals surface area contributed by atoms with Crippen LogP contribution in [0.15, 0.2) is 66.9 Å². The Kier molecular flexibility index (Phi) is 11.2. The number of piperazine rings is 1. The molecule has 0 aliphatic carbocycles. The number of carbonyl (C=O) groups excluding carboxylic acids is 2. The Morgan fingerprint density at radius 2 is 1.64 bits per heavy atom. The van der Waals surface area contributed by atoms with Crippen LogP contribution in [0.5, 0.6) is 0 Å². The van der Waals surface area contributed by atoms with Crippen molar-refractivity contribution >= 4 is 48.2 Å². The number of anilines is 1. The minimum atomic E-state index is -4.51. The molecule has 0 unspecified atom stereocenters. The van der Waals surface area contributed by atoms with Gasteiger partial charge in [-0.25, -0.2) is 9.48 Å². The molecule has 3 heterocycles. The summed E-state index contributed by atoms with van der Waals surface area (Å²) >= 11 is 0. The smallest absolute Gasteiger partial charge is 0.416 e. The van der Waals surface area contributed by atoms with E-state index in [2.05, 4.69) is 27.0 Å². The van der Waals surface area contributed by atoms with Crippen molar-refractivity contribution < 1.29 is 27.5 Å². The Balaban J connectivity index is 0.00000242. The van der Waals surface area contributed by atoms with E-state index in [1.807, 2.05) is 18.2 Å². The van der Waals surface area contributed by atoms with Gasteiger partial charge in [-0.1, -0.05) is 42.5 Å². The molecule has 226 valence electrons. The van der Waals surface area contributed by atoms with Crippen molar-refractivity contribution in [3.63, 3.8) is 0 Å². The van der Waals surface area contributed by atoms with Gasteiger partial charge in [0.15, 0.2) is 5.82 Å². The number of alkyl halides is 3. The normalized spacial score (nSPS) is 15.6. The highest BCUT2D eigenvalue weighted by atomic mass is 35.5. The van der Waals surface area contributed by atoms with E-state index in [0.717, 1.165) is 31.8 Å². The fourth-order valence-corrected chi connectivity index (χ4v) is 5.02. The Labute approximate surface area is 254 Å². The minimum Gasteiger partial charge on any atom is -0.462 e. The van der Waals surface area contributed by atoms with E-state index < -0.39 is 17.7 Å². The highest BCUT2D eigenvalue weighted by Crippen LogP contribution is 2.35. The Bertz CT molecular complexity index is 1410. The van der Waals surface area contributed by atoms with Crippen LogP contribution in [-0.4, -0.2) is 77.3 Å². The van der Waals surface area contributed by atoms with Crippen LogP contribution in [0.3, 0.4) is 0 Å². The molecule has 1 fully saturated rings. The van der Waals surface area contributed by atoms with Gasteiger partial charge < -0.3 is 4.74 Å². The molecule has 8 nitrogen and oxygen atoms in total. The van der Waals surface area contributed by atoms with Gasteiger partial charge >= 0.3 is 12.1 Å². The first kappa shape index (κ1) is 33.1. The number of aromatic nitrogens is 2. The van der Waals surface area contributed by atoms with E-state index in [1.165, 1.54) is 27.4 Å². The molecule has 0 N–H and O–H groups in total. The Morgan fingerprint density at radius 3 is 2.31 bits per heavy atom. The molecular weight excluding hydrogens is 594 g/mol. The maximum Gasteiger partial charge on any atom is 0.416 e. The van der Waals surface area contributed by atoms with Crippen LogP contribution in [-0.2, 0) is 22.3 Å². The lowest BCUT2D eigenvalue weighted by molar-refractivity contribution is -0.137. The fraction of sp³-hybridized carbons (Fsp3) is 0.345. The summed E-state index contributed by atoms with van der Waals surface area (Å²) in [6.45, 7) is 5.91. The molecule has 13 heteroatoms. The molecule has 1 saturated heterocycles. The summed E-state index contributed by atoms with van der Waals surface area (Å²) in [5, 5.41) is 4.29. The Hall–Kier alpha value is -3.38. The summed E-state index contributed by atoms with van der Waals surface area (Å²) in [4.78, 5) is 32.2. The lowest BCUT2D eigenvalue weighted by Crippen LogP contribution is -2.50. The number of nitrogens with zero attached hydrogens (tertiary/aromatic N) is 5. The third kappa shape index (κ3) is 7.33. The van der Waals surface area contributed by atoms with E-state index in [-0.39, 0.29) is 67.4 Å². The van der Waals surface area contributed by atoms with Gasteiger partial charge in [0.05, 0.1) is 30.6 Å². The highest BCUT2D eigenvalue weighted by molar-refractivity contribution is 6.04. The first-order valence-corrected chi connectivity index (χ1v) is 13.2. The molecule has 2 aromatic carbocycles. The van der Waals surface area contributed by atoms with Crippen LogP contribution >= 0.6 is 24.8 Å². The minimum absolute atomic E-state index is 0. The number of benzene rings is 2. The molecule has 42 heavy (non-hydrogen) atoms. The SMILES string of the molecule is CCOC(=O)c1cnn2c1N(C(=O)CN1CCN(Cc3ccccc3)CC1)CC=C2c1cccc(C(F)(F)F)c1.Cl.Cl. The Morgan fingerprint density at radius 1 is 0.952 bits per heavy atom. The second-order valence-corrected chi connectivity index (χ2v) is 9.72. The quantitative estimate of drug-likeness (QED) is 0.345. The largest absolute Gasteiger partial charge is 0.462 e. The van der Waals surface area contributed by atoms with Gasteiger partial charge in [-0.2, -0.15) is 18.3 Å². The van der Waals surface area contributed by atoms with Crippen molar-refractivity contribution in [2.45, 2.75) is 19.6 Å². The zero-order valence-corrected chi connectivity index (χ0v) is 24.6. The van der Waals surface area contributed by atoms with Crippen molar-refractivity contribution in [1.82, 2.24) is 19.6 Å². The zero-order valence-electron chi connectivity index (χ0n) is 22.9. The summed E-state index contributed by atoms with van der Waals surface area (Å²) in [6.07, 6.45) is -1.57. The van der Waals surface area contributed by atoms with Crippen molar-refractivity contribution in [2.75, 3.05) is 50.8 Å². The lowest BCUT2D eigenvalue weighted by atomic mass is 10.1. The molecule has 0 radical (unpaired) electrons. The topological polar surface area (TPSA) is 70.9 Å². The second kappa shape index (κ2) is 14.2. The van der Waals surface area contributed by atoms with Gasteiger partial charge in [0.2, 0.25) is 5.91 Å². The number of hydrogen-bond acceptors (Lipinski definition) is 6. The van der Waals surface area contributed by atoms with Crippen molar-refractivity contribution in [3.8, 4) is 0 Å². The third-order valence-corrected chi connectivity index (χ3v) is 7.05. The standard InChI is InChI=1S/C29H30F3N5O3.2ClH/c1-2-40-28(39)24-18-33-37-25(22-9-6-10-23(17-22)29(30,31)32)11-12-36(27(24)37)26(38)20-35-15-13-34(14-16-35)19-21-7-4-3-5-8-21;;/h3-11,17-18H,2,12-16,19-20H2,1H3;2*1H. The van der Waals surface area contributed by atoms with Crippen LogP contribution in [0.2, 0.25) is 0 Å². The summed E-state index contributed by atoms with van der Waals surface area (Å²) < 4.78 is 46.7. The molecule has 0 bridgehead atoms. The average Bonchev–Trinajstić information content (AvgIpc) is 3.39. The summed E-state index contributed by atoms with van der Waals surface area (Å²) in [5.74, 6) is -0.689. The number of rotatable bonds is 7. The maximum absolute atomic E-state index is 13.6. The van der Waals surface area contributed by atoms with Gasteiger partial charge in [-0.3, -0.25) is 19.5 Å². The van der Waals surface area contributed by atoms with Gasteiger partial charge in [-0.05, 0) is 30.7 Å². The van der Waals surface area contributed by atoms with Crippen LogP contribution < -0.4 is 4.90 Å². The van der Waals surface area contributed by atoms with E-state index in [0.29, 0.717) is 18.8 Å². The number of amides is 1. The summed E-state index contributed by atoms with van der Waals surface area (Å²) in [6, 6.07) is 15.1. The zero-order chi connectivity index (χ0) is 28.3. The molecule has 0 spiro atoms. The van der Waals surface area contributed by atoms with E-state index in [4.69, 9.17) is 4.74 Å². The fourth-order valence-electron chi connectivity index (χ4n) is 5.02. The number of halogens is 5. The molecule has 0 saturated carbocycles. The summed E-state index contributed by atoms with van der Waals surface area (Å²) in [5.41, 5.74) is 1.16. The van der Waals surface area contributed by atoms with Gasteiger partial charge in [-0.15, -0.1) is 24.8 Å². The van der Waals surface area contributed by atoms with Crippen LogP contribution in [0.25, 0.3) is 5.70 Å². The first-order valence-electron chi connectivity index (χ1n) is 13.2. The number of esters is 1. The van der Waals surface area contributed by atoms with Crippen LogP contribution in [0, 0.1) is 0 Å². The van der Waals surface area contributed by atoms with E-state index in [1.54, 1.807) is 19.1 Å². The third-order valence-electron chi connectivity index (χ3n) is 7.05. The number of fused-ring (bicyclic) bond motifs is 1. The van der Waals surface area contributed by atoms with Crippen molar-refractivity contribution in [3.05, 3.63) is 89.1 Å². The molecule has 2 aliphatic rings. The average molecular weight is 627 g/mol. The first-order chi connectivity index (χ1) is 19.2. The number of carbonyl (C=O) groups is 2. The monoisotopic (exact) mass is 625 g/mol. The molecule has 0 atom stereocenters. The second-order valence-electron chi connectivity index (χ2n) is 9.72. The van der Waals surface area contributed by atoms with Gasteiger partial charge in [0, 0.05) is 44.8 Å². The van der Waals surface area contributed by atoms with Gasteiger partial charge in [0.25, 0.3) is 0 Å². The van der Waals surface area contributed by atoms with E-state index in [9.17, 15) is 22.8 Å².